The van der Waals surface area contributed by atoms with Gasteiger partial charge in [-0.25, -0.2) is 4.39 Å². The molecule has 0 radical (unpaired) electrons. The summed E-state index contributed by atoms with van der Waals surface area (Å²) in [6, 6.07) is 5.04. The van der Waals surface area contributed by atoms with Crippen molar-refractivity contribution in [3.8, 4) is 0 Å². The lowest BCUT2D eigenvalue weighted by Gasteiger charge is -2.26. The Morgan fingerprint density at radius 3 is 2.65 bits per heavy atom. The zero-order valence-corrected chi connectivity index (χ0v) is 12.9. The maximum absolute atomic E-state index is 13.5. The van der Waals surface area contributed by atoms with Gasteiger partial charge in [-0.3, -0.25) is 0 Å². The molecule has 4 heteroatoms. The Bertz CT molecular complexity index is 398. The van der Waals surface area contributed by atoms with Gasteiger partial charge in [0.25, 0.3) is 0 Å². The summed E-state index contributed by atoms with van der Waals surface area (Å²) in [5.41, 5.74) is 8.07. The van der Waals surface area contributed by atoms with Gasteiger partial charge in [0.15, 0.2) is 0 Å². The van der Waals surface area contributed by atoms with E-state index in [1.165, 1.54) is 6.07 Å². The minimum atomic E-state index is -0.201. The van der Waals surface area contributed by atoms with E-state index >= 15 is 0 Å². The Balaban J connectivity index is 2.89. The Labute approximate surface area is 121 Å². The second-order valence-electron chi connectivity index (χ2n) is 4.92. The Morgan fingerprint density at radius 1 is 1.30 bits per heavy atom. The number of ether oxygens (including phenoxy) is 1. The molecule has 0 aromatic heterocycles. The highest BCUT2D eigenvalue weighted by molar-refractivity contribution is 5.54. The molecule has 1 atom stereocenters. The first-order chi connectivity index (χ1) is 9.62. The van der Waals surface area contributed by atoms with Gasteiger partial charge in [-0.15, -0.1) is 0 Å². The Kier molecular flexibility index (Phi) is 7.55. The molecule has 3 nitrogen and oxygen atoms in total. The largest absolute Gasteiger partial charge is 0.380 e. The first kappa shape index (κ1) is 16.9. The average Bonchev–Trinajstić information content (AvgIpc) is 2.44. The van der Waals surface area contributed by atoms with Crippen molar-refractivity contribution < 1.29 is 9.13 Å². The lowest BCUT2D eigenvalue weighted by Crippen LogP contribution is -2.29. The van der Waals surface area contributed by atoms with E-state index in [9.17, 15) is 4.39 Å². The molecule has 1 aromatic rings. The van der Waals surface area contributed by atoms with Crippen molar-refractivity contribution in [2.45, 2.75) is 39.7 Å². The normalized spacial score (nSPS) is 12.4. The van der Waals surface area contributed by atoms with Gasteiger partial charge < -0.3 is 15.4 Å². The van der Waals surface area contributed by atoms with E-state index < -0.39 is 0 Å². The van der Waals surface area contributed by atoms with Crippen LogP contribution < -0.4 is 10.6 Å². The van der Waals surface area contributed by atoms with Crippen LogP contribution in [-0.4, -0.2) is 32.3 Å². The lowest BCUT2D eigenvalue weighted by molar-refractivity contribution is 0.154. The molecule has 0 heterocycles. The van der Waals surface area contributed by atoms with Crippen LogP contribution in [0.1, 0.15) is 32.8 Å². The Morgan fingerprint density at radius 2 is 2.05 bits per heavy atom. The molecule has 0 saturated carbocycles. The summed E-state index contributed by atoms with van der Waals surface area (Å²) in [5, 5.41) is 0. The average molecular weight is 282 g/mol. The standard InChI is InChI=1S/C16H27FN2O/c1-4-15(18)12-13-11-14(17)7-8-16(13)19(5-2)9-10-20-6-3/h7-8,11,15H,4-6,9-10,12,18H2,1-3H3. The minimum absolute atomic E-state index is 0.0705. The molecule has 1 aromatic carbocycles. The predicted molar refractivity (Wildman–Crippen MR) is 82.8 cm³/mol. The molecule has 0 bridgehead atoms. The molecular weight excluding hydrogens is 255 g/mol. The maximum Gasteiger partial charge on any atom is 0.123 e. The van der Waals surface area contributed by atoms with Gasteiger partial charge in [0.2, 0.25) is 0 Å². The molecule has 0 spiro atoms. The second kappa shape index (κ2) is 8.93. The van der Waals surface area contributed by atoms with E-state index in [2.05, 4.69) is 18.7 Å². The summed E-state index contributed by atoms with van der Waals surface area (Å²) in [6.45, 7) is 9.21. The molecule has 1 rings (SSSR count). The highest BCUT2D eigenvalue weighted by Gasteiger charge is 2.13. The van der Waals surface area contributed by atoms with E-state index in [-0.39, 0.29) is 11.9 Å². The molecule has 1 unspecified atom stereocenters. The summed E-state index contributed by atoms with van der Waals surface area (Å²) in [5.74, 6) is -0.201. The fourth-order valence-corrected chi connectivity index (χ4v) is 2.22. The molecule has 114 valence electrons. The number of halogens is 1. The number of anilines is 1. The fourth-order valence-electron chi connectivity index (χ4n) is 2.22. The van der Waals surface area contributed by atoms with Crippen LogP contribution in [0.4, 0.5) is 10.1 Å². The van der Waals surface area contributed by atoms with Gasteiger partial charge in [0.05, 0.1) is 6.61 Å². The first-order valence-electron chi connectivity index (χ1n) is 7.49. The van der Waals surface area contributed by atoms with Crippen molar-refractivity contribution in [2.24, 2.45) is 5.73 Å². The van der Waals surface area contributed by atoms with Crippen LogP contribution in [0.15, 0.2) is 18.2 Å². The van der Waals surface area contributed by atoms with Crippen LogP contribution in [0, 0.1) is 5.82 Å². The van der Waals surface area contributed by atoms with Crippen LogP contribution in [0.5, 0.6) is 0 Å². The van der Waals surface area contributed by atoms with Crippen LogP contribution in [0.2, 0.25) is 0 Å². The molecule has 0 fully saturated rings. The highest BCUT2D eigenvalue weighted by Crippen LogP contribution is 2.23. The zero-order valence-electron chi connectivity index (χ0n) is 12.9. The number of benzene rings is 1. The van der Waals surface area contributed by atoms with E-state index in [1.807, 2.05) is 13.0 Å². The minimum Gasteiger partial charge on any atom is -0.380 e. The SMILES string of the molecule is CCOCCN(CC)c1ccc(F)cc1CC(N)CC. The van der Waals surface area contributed by atoms with Crippen molar-refractivity contribution in [1.29, 1.82) is 0 Å². The third kappa shape index (κ3) is 5.10. The van der Waals surface area contributed by atoms with E-state index in [0.717, 1.165) is 30.8 Å². The number of hydrogen-bond donors (Lipinski definition) is 1. The van der Waals surface area contributed by atoms with Gasteiger partial charge in [-0.1, -0.05) is 6.92 Å². The number of nitrogens with two attached hydrogens (primary N) is 1. The predicted octanol–water partition coefficient (Wildman–Crippen LogP) is 2.97. The highest BCUT2D eigenvalue weighted by atomic mass is 19.1. The second-order valence-corrected chi connectivity index (χ2v) is 4.92. The zero-order chi connectivity index (χ0) is 15.0. The summed E-state index contributed by atoms with van der Waals surface area (Å²) in [6.07, 6.45) is 1.59. The van der Waals surface area contributed by atoms with Crippen LogP contribution in [-0.2, 0) is 11.2 Å². The van der Waals surface area contributed by atoms with Gasteiger partial charge in [-0.2, -0.15) is 0 Å². The molecule has 0 amide bonds. The van der Waals surface area contributed by atoms with Crippen molar-refractivity contribution in [3.63, 3.8) is 0 Å². The number of nitrogens with zero attached hydrogens (tertiary/aromatic N) is 1. The summed E-state index contributed by atoms with van der Waals surface area (Å²) in [7, 11) is 0. The number of rotatable bonds is 9. The molecule has 2 N–H and O–H groups in total. The summed E-state index contributed by atoms with van der Waals surface area (Å²) in [4.78, 5) is 2.22. The van der Waals surface area contributed by atoms with Crippen LogP contribution in [0.3, 0.4) is 0 Å². The van der Waals surface area contributed by atoms with Gasteiger partial charge >= 0.3 is 0 Å². The van der Waals surface area contributed by atoms with Crippen molar-refractivity contribution in [1.82, 2.24) is 0 Å². The van der Waals surface area contributed by atoms with Gasteiger partial charge in [0.1, 0.15) is 5.82 Å². The monoisotopic (exact) mass is 282 g/mol. The van der Waals surface area contributed by atoms with Crippen molar-refractivity contribution in [2.75, 3.05) is 31.2 Å². The first-order valence-corrected chi connectivity index (χ1v) is 7.49. The third-order valence-electron chi connectivity index (χ3n) is 3.48. The summed E-state index contributed by atoms with van der Waals surface area (Å²) < 4.78 is 18.9. The topological polar surface area (TPSA) is 38.5 Å². The van der Waals surface area contributed by atoms with Crippen LogP contribution >= 0.6 is 0 Å². The quantitative estimate of drug-likeness (QED) is 0.708. The summed E-state index contributed by atoms with van der Waals surface area (Å²) >= 11 is 0. The van der Waals surface area contributed by atoms with Gasteiger partial charge in [-0.05, 0) is 50.5 Å². The number of likely N-dealkylation sites (N-methyl/N-ethyl adjacent to an activating group) is 1. The third-order valence-corrected chi connectivity index (χ3v) is 3.48. The lowest BCUT2D eigenvalue weighted by atomic mass is 10.0. The molecular formula is C16H27FN2O. The maximum atomic E-state index is 13.5. The molecule has 0 aliphatic carbocycles. The smallest absolute Gasteiger partial charge is 0.123 e. The van der Waals surface area contributed by atoms with Crippen molar-refractivity contribution in [3.05, 3.63) is 29.6 Å². The van der Waals surface area contributed by atoms with E-state index in [4.69, 9.17) is 10.5 Å². The molecule has 20 heavy (non-hydrogen) atoms. The van der Waals surface area contributed by atoms with Crippen LogP contribution in [0.25, 0.3) is 0 Å². The van der Waals surface area contributed by atoms with E-state index in [1.54, 1.807) is 6.07 Å². The van der Waals surface area contributed by atoms with E-state index in [0.29, 0.717) is 19.6 Å². The molecule has 0 saturated heterocycles. The number of hydrogen-bond acceptors (Lipinski definition) is 3. The molecule has 0 aliphatic heterocycles. The molecule has 0 aliphatic rings. The fraction of sp³-hybridized carbons (Fsp3) is 0.625. The van der Waals surface area contributed by atoms with Crippen molar-refractivity contribution >= 4 is 5.69 Å². The van der Waals surface area contributed by atoms with Gasteiger partial charge in [0, 0.05) is 31.4 Å². The Hall–Kier alpha value is -1.13.